The summed E-state index contributed by atoms with van der Waals surface area (Å²) < 4.78 is 104. The number of hydrogen-bond donors (Lipinski definition) is 4. The first-order valence-corrected chi connectivity index (χ1v) is 37.1. The molecule has 6 aliphatic heterocycles. The highest BCUT2D eigenvalue weighted by atomic mass is 35.5. The molecule has 13 rings (SSSR count). The molecule has 0 saturated carbocycles. The molecule has 4 aromatic carbocycles. The minimum atomic E-state index is -4.45. The van der Waals surface area contributed by atoms with Crippen molar-refractivity contribution in [1.29, 1.82) is 0 Å². The molecule has 2 amide bonds. The van der Waals surface area contributed by atoms with E-state index in [0.717, 1.165) is 133 Å². The first-order chi connectivity index (χ1) is 51.9. The lowest BCUT2D eigenvalue weighted by Crippen LogP contribution is -2.44. The number of aliphatic hydroxyl groups is 2. The summed E-state index contributed by atoms with van der Waals surface area (Å²) in [5, 5.41) is 25.3. The highest BCUT2D eigenvalue weighted by molar-refractivity contribution is 6.34. The maximum Gasteiger partial charge on any atom is 0.416 e. The number of ketones is 2. The molecule has 4 N–H and O–H groups in total. The zero-order valence-corrected chi connectivity index (χ0v) is 66.5. The van der Waals surface area contributed by atoms with Crippen LogP contribution >= 0.6 is 34.8 Å². The van der Waals surface area contributed by atoms with Crippen LogP contribution in [-0.2, 0) is 88.1 Å². The maximum atomic E-state index is 13.1. The predicted octanol–water partition coefficient (Wildman–Crippen LogP) is 13.0. The van der Waals surface area contributed by atoms with Crippen molar-refractivity contribution in [3.05, 3.63) is 179 Å². The Labute approximate surface area is 658 Å². The molecule has 23 nitrogen and oxygen atoms in total. The Balaban J connectivity index is 0.000000180. The quantitative estimate of drug-likeness (QED) is 0.0326. The summed E-state index contributed by atoms with van der Waals surface area (Å²) in [7, 11) is 5.73. The van der Waals surface area contributed by atoms with Crippen LogP contribution in [0.2, 0.25) is 15.7 Å². The van der Waals surface area contributed by atoms with Crippen LogP contribution in [0.5, 0.6) is 0 Å². The van der Waals surface area contributed by atoms with Gasteiger partial charge in [0.05, 0.1) is 105 Å². The number of fused-ring (bicyclic) bond motifs is 3. The number of Topliss-reactive ketones (excluding diaryl/α,β-unsaturated/α-hetero) is 2. The number of carbonyl (C=O) groups is 4. The van der Waals surface area contributed by atoms with E-state index in [1.165, 1.54) is 29.2 Å². The van der Waals surface area contributed by atoms with Gasteiger partial charge >= 0.3 is 24.5 Å². The number of hydrogen-bond acceptors (Lipinski definition) is 21. The molecule has 0 unspecified atom stereocenters. The number of benzene rings is 4. The van der Waals surface area contributed by atoms with E-state index in [2.05, 4.69) is 40.4 Å². The summed E-state index contributed by atoms with van der Waals surface area (Å²) in [6.07, 6.45) is -9.82. The zero-order valence-electron chi connectivity index (χ0n) is 64.2. The summed E-state index contributed by atoms with van der Waals surface area (Å²) in [6.45, 7) is 33.4. The van der Waals surface area contributed by atoms with Gasteiger partial charge in [0, 0.05) is 98.6 Å². The standard InChI is InChI=1S/C26H25F3N4O2.C16H12BF3O.C15H21ClN4O3.C11H13Cl2N3O2.C6H14O2.C4H9NO/c1-16-5-6-18(23(34)12-17-3-2-4-19(11-17)26(27,28)29)13-20(16)24-31-22-15-30-14-21(22)25(32-24)33-7-9-35-10-8-33;1-10-5-6-12(9-14(10)17)15(21)8-11-3-2-4-13(7-11)16(18,19)20;1-15(2,3)23-14(21)20-8-10-11(9-20)17-13(16)18-12(10)19-4-6-22-7-5-19;1-11(2,3)18-10(17)16-4-6-7(5-16)14-9(13)15-8(6)12;1-5(2,7)6(3,4)8;1-3-6-4-2-5-1/h2-6,11,13,30H,7-10,12,14-15H2,1H3;2-7,9H,8H2,1H3;4-9H2,1-3H3;4-5H2,1-3H3;7-8H,1-4H3;5H,1-4H2. The monoisotopic (exact) mass is 1600 g/mol. The third-order valence-corrected chi connectivity index (χ3v) is 18.7. The van der Waals surface area contributed by atoms with Crippen LogP contribution in [0.3, 0.4) is 0 Å². The fourth-order valence-corrected chi connectivity index (χ4v) is 12.0. The van der Waals surface area contributed by atoms with Crippen LogP contribution in [0.1, 0.15) is 157 Å². The van der Waals surface area contributed by atoms with E-state index < -0.39 is 52.0 Å². The first kappa shape index (κ1) is 88.4. The maximum absolute atomic E-state index is 13.1. The van der Waals surface area contributed by atoms with Gasteiger partial charge in [-0.2, -0.15) is 26.3 Å². The molecular formula is C78H94BCl3F6N12O11. The molecule has 0 spiro atoms. The molecule has 9 heterocycles. The van der Waals surface area contributed by atoms with Crippen molar-refractivity contribution >= 4 is 83.5 Å². The second kappa shape index (κ2) is 38.1. The van der Waals surface area contributed by atoms with Gasteiger partial charge in [0.25, 0.3) is 0 Å². The van der Waals surface area contributed by atoms with E-state index in [1.807, 2.05) is 61.5 Å². The molecule has 0 atom stereocenters. The highest BCUT2D eigenvalue weighted by Gasteiger charge is 2.37. The van der Waals surface area contributed by atoms with Crippen LogP contribution in [0.15, 0.2) is 84.9 Å². The topological polar surface area (TPSA) is 269 Å². The van der Waals surface area contributed by atoms with Gasteiger partial charge in [-0.25, -0.2) is 39.5 Å². The third-order valence-electron chi connectivity index (χ3n) is 18.0. The van der Waals surface area contributed by atoms with E-state index in [9.17, 15) is 45.5 Å². The number of morpholine rings is 3. The van der Waals surface area contributed by atoms with Crippen LogP contribution < -0.4 is 25.9 Å². The van der Waals surface area contributed by atoms with Gasteiger partial charge in [-0.3, -0.25) is 19.4 Å². The second-order valence-electron chi connectivity index (χ2n) is 29.9. The Morgan fingerprint density at radius 3 is 1.39 bits per heavy atom. The van der Waals surface area contributed by atoms with Crippen molar-refractivity contribution in [2.24, 2.45) is 0 Å². The molecule has 2 radical (unpaired) electrons. The molecule has 111 heavy (non-hydrogen) atoms. The lowest BCUT2D eigenvalue weighted by Gasteiger charge is -2.31. The van der Waals surface area contributed by atoms with Crippen molar-refractivity contribution in [2.75, 3.05) is 88.7 Å². The van der Waals surface area contributed by atoms with E-state index in [-0.39, 0.29) is 46.2 Å². The number of aryl methyl sites for hydroxylation is 2. The van der Waals surface area contributed by atoms with Crippen molar-refractivity contribution in [1.82, 2.24) is 50.3 Å². The minimum absolute atomic E-state index is 0.0878. The predicted molar refractivity (Wildman–Crippen MR) is 411 cm³/mol. The lowest BCUT2D eigenvalue weighted by atomic mass is 9.88. The molecular weight excluding hydrogens is 1510 g/mol. The van der Waals surface area contributed by atoms with E-state index in [1.54, 1.807) is 62.9 Å². The number of carbonyl (C=O) groups excluding carboxylic acids is 4. The molecule has 0 bridgehead atoms. The molecule has 0 aliphatic carbocycles. The Bertz CT molecular complexity index is 4380. The summed E-state index contributed by atoms with van der Waals surface area (Å²) in [6, 6.07) is 19.8. The molecule has 598 valence electrons. The Kier molecular flexibility index (Phi) is 30.3. The van der Waals surface area contributed by atoms with Crippen molar-refractivity contribution in [3.8, 4) is 11.4 Å². The number of anilines is 2. The fourth-order valence-electron chi connectivity index (χ4n) is 11.3. The number of amides is 2. The number of ether oxygens (including phenoxy) is 5. The molecule has 33 heteroatoms. The number of aromatic nitrogens is 6. The van der Waals surface area contributed by atoms with Gasteiger partial charge in [0.2, 0.25) is 10.6 Å². The largest absolute Gasteiger partial charge is 0.444 e. The van der Waals surface area contributed by atoms with Gasteiger partial charge in [-0.15, -0.1) is 0 Å². The average molecular weight is 1610 g/mol. The van der Waals surface area contributed by atoms with Gasteiger partial charge in [-0.05, 0) is 141 Å². The molecule has 3 aromatic heterocycles. The number of rotatable bonds is 10. The van der Waals surface area contributed by atoms with Crippen LogP contribution in [0.4, 0.5) is 47.6 Å². The summed E-state index contributed by atoms with van der Waals surface area (Å²) in [5.41, 5.74) is 5.04. The van der Waals surface area contributed by atoms with Crippen molar-refractivity contribution in [2.45, 2.75) is 170 Å². The highest BCUT2D eigenvalue weighted by Crippen LogP contribution is 2.36. The number of halogens is 9. The van der Waals surface area contributed by atoms with Crippen LogP contribution in [-0.4, -0.2) is 183 Å². The molecule has 3 fully saturated rings. The number of alkyl halides is 6. The average Bonchev–Trinajstić information content (AvgIpc) is 1.73. The van der Waals surface area contributed by atoms with Crippen molar-refractivity contribution < 1.29 is 79.4 Å². The number of nitrogens with zero attached hydrogens (tertiary/aromatic N) is 10. The third kappa shape index (κ3) is 26.2. The Morgan fingerprint density at radius 1 is 0.505 bits per heavy atom. The minimum Gasteiger partial charge on any atom is -0.444 e. The van der Waals surface area contributed by atoms with Crippen LogP contribution in [0.25, 0.3) is 11.4 Å². The van der Waals surface area contributed by atoms with Gasteiger partial charge in [0.1, 0.15) is 35.8 Å². The first-order valence-electron chi connectivity index (χ1n) is 36.0. The van der Waals surface area contributed by atoms with Crippen molar-refractivity contribution in [3.63, 3.8) is 0 Å². The smallest absolute Gasteiger partial charge is 0.416 e. The van der Waals surface area contributed by atoms with E-state index >= 15 is 0 Å². The molecule has 3 saturated heterocycles. The van der Waals surface area contributed by atoms with Gasteiger partial charge in [-0.1, -0.05) is 89.4 Å². The fraction of sp³-hybridized carbons (Fsp3) is 0.487. The Hall–Kier alpha value is -8.17. The SMILES string of the molecule is C1COCCN1.CC(C)(C)OC(=O)N1Cc2nc(Cl)nc(Cl)c2C1.CC(C)(C)OC(=O)N1Cc2nc(Cl)nc(N3CCOCC3)c2C1.CC(C)(O)C(C)(C)O.Cc1ccc(C(=O)Cc2cccc(C(F)(F)F)c2)cc1-c1nc2c(c(N3CCOCC3)n1)CNC2.[B]c1cc(C(=O)Cc2cccc(C(F)(F)F)c2)ccc1C. The van der Waals surface area contributed by atoms with E-state index in [0.29, 0.717) is 105 Å². The molecule has 6 aliphatic rings. The summed E-state index contributed by atoms with van der Waals surface area (Å²) in [5.74, 6) is 1.70. The summed E-state index contributed by atoms with van der Waals surface area (Å²) in [4.78, 5) is 83.1. The second-order valence-corrected chi connectivity index (χ2v) is 30.9. The molecule has 7 aromatic rings. The van der Waals surface area contributed by atoms with Gasteiger partial charge in [0.15, 0.2) is 17.4 Å². The number of nitrogens with one attached hydrogen (secondary N) is 2. The van der Waals surface area contributed by atoms with E-state index in [4.69, 9.17) is 86.5 Å². The normalized spacial score (nSPS) is 15.6. The van der Waals surface area contributed by atoms with Crippen LogP contribution in [0, 0.1) is 13.8 Å². The summed E-state index contributed by atoms with van der Waals surface area (Å²) >= 11 is 17.8. The van der Waals surface area contributed by atoms with Gasteiger partial charge < -0.3 is 54.3 Å². The lowest BCUT2D eigenvalue weighted by molar-refractivity contribution is -0.138. The Morgan fingerprint density at radius 2 is 0.946 bits per heavy atom. The zero-order chi connectivity index (χ0) is 81.6.